The highest BCUT2D eigenvalue weighted by Gasteiger charge is 2.11. The van der Waals surface area contributed by atoms with Gasteiger partial charge in [0.1, 0.15) is 6.33 Å². The number of nitrogens with one attached hydrogen (secondary N) is 1. The summed E-state index contributed by atoms with van der Waals surface area (Å²) in [5.41, 5.74) is 0. The van der Waals surface area contributed by atoms with Crippen LogP contribution in [-0.2, 0) is 7.05 Å². The molecule has 0 aliphatic carbocycles. The van der Waals surface area contributed by atoms with Crippen molar-refractivity contribution in [2.24, 2.45) is 7.05 Å². The molecule has 0 aliphatic heterocycles. The second-order valence-corrected chi connectivity index (χ2v) is 3.94. The van der Waals surface area contributed by atoms with E-state index in [1.165, 1.54) is 11.0 Å². The Hall–Kier alpha value is -2.45. The summed E-state index contributed by atoms with van der Waals surface area (Å²) in [6.07, 6.45) is 1.47. The van der Waals surface area contributed by atoms with E-state index in [1.807, 2.05) is 13.8 Å². The lowest BCUT2D eigenvalue weighted by molar-refractivity contribution is 0.218. The van der Waals surface area contributed by atoms with Gasteiger partial charge < -0.3 is 14.8 Å². The Morgan fingerprint density at radius 1 is 1.16 bits per heavy atom. The van der Waals surface area contributed by atoms with Crippen LogP contribution in [0.2, 0.25) is 0 Å². The van der Waals surface area contributed by atoms with Gasteiger partial charge in [0.05, 0.1) is 6.10 Å². The van der Waals surface area contributed by atoms with Crippen LogP contribution in [0.1, 0.15) is 13.8 Å². The van der Waals surface area contributed by atoms with Gasteiger partial charge in [-0.15, -0.1) is 10.1 Å². The number of aryl methyl sites for hydroxylation is 1. The molecular formula is C10H15N7O2. The van der Waals surface area contributed by atoms with Crippen LogP contribution in [0.4, 0.5) is 5.95 Å². The Morgan fingerprint density at radius 3 is 2.47 bits per heavy atom. The summed E-state index contributed by atoms with van der Waals surface area (Å²) in [6, 6.07) is 0.410. The molecule has 2 aromatic heterocycles. The topological polar surface area (TPSA) is 99.9 Å². The van der Waals surface area contributed by atoms with Crippen LogP contribution in [0.5, 0.6) is 18.0 Å². The van der Waals surface area contributed by atoms with Gasteiger partial charge in [0.25, 0.3) is 0 Å². The van der Waals surface area contributed by atoms with Crippen LogP contribution < -0.4 is 14.8 Å². The second kappa shape index (κ2) is 5.46. The van der Waals surface area contributed by atoms with Crippen molar-refractivity contribution in [3.05, 3.63) is 6.33 Å². The van der Waals surface area contributed by atoms with E-state index in [-0.39, 0.29) is 24.1 Å². The van der Waals surface area contributed by atoms with Crippen LogP contribution in [-0.4, -0.2) is 42.9 Å². The lowest BCUT2D eigenvalue weighted by Crippen LogP contribution is -2.11. The number of rotatable bonds is 5. The second-order valence-electron chi connectivity index (χ2n) is 3.94. The Labute approximate surface area is 110 Å². The molecule has 0 radical (unpaired) electrons. The highest BCUT2D eigenvalue weighted by molar-refractivity contribution is 5.26. The minimum absolute atomic E-state index is 0.0482. The highest BCUT2D eigenvalue weighted by Crippen LogP contribution is 2.17. The summed E-state index contributed by atoms with van der Waals surface area (Å²) in [5.74, 6) is 0.344. The van der Waals surface area contributed by atoms with Crippen molar-refractivity contribution in [3.8, 4) is 18.0 Å². The Morgan fingerprint density at radius 2 is 1.89 bits per heavy atom. The number of nitrogens with zero attached hydrogens (tertiary/aromatic N) is 6. The molecule has 0 amide bonds. The van der Waals surface area contributed by atoms with E-state index < -0.39 is 0 Å². The molecule has 2 heterocycles. The number of aromatic nitrogens is 6. The predicted molar refractivity (Wildman–Crippen MR) is 66.2 cm³/mol. The van der Waals surface area contributed by atoms with Gasteiger partial charge in [-0.2, -0.15) is 15.0 Å². The summed E-state index contributed by atoms with van der Waals surface area (Å²) in [6.45, 7) is 3.76. The van der Waals surface area contributed by atoms with Gasteiger partial charge in [-0.25, -0.2) is 0 Å². The van der Waals surface area contributed by atoms with Crippen LogP contribution in [0, 0.1) is 0 Å². The van der Waals surface area contributed by atoms with Crippen molar-refractivity contribution in [3.63, 3.8) is 0 Å². The van der Waals surface area contributed by atoms with Gasteiger partial charge in [0.2, 0.25) is 5.95 Å². The average Bonchev–Trinajstić information content (AvgIpc) is 2.73. The SMILES string of the molecule is CNc1nc(Oc2ncn(C)n2)nc(OC(C)C)n1. The molecule has 2 aromatic rings. The number of ether oxygens (including phenoxy) is 2. The molecule has 9 nitrogen and oxygen atoms in total. The molecule has 19 heavy (non-hydrogen) atoms. The van der Waals surface area contributed by atoms with Gasteiger partial charge in [0, 0.05) is 14.1 Å². The van der Waals surface area contributed by atoms with E-state index in [1.54, 1.807) is 14.1 Å². The molecule has 0 bridgehead atoms. The van der Waals surface area contributed by atoms with Crippen LogP contribution in [0.25, 0.3) is 0 Å². The first-order valence-electron chi connectivity index (χ1n) is 5.71. The predicted octanol–water partition coefficient (Wildman–Crippen LogP) is 0.621. The van der Waals surface area contributed by atoms with Gasteiger partial charge >= 0.3 is 18.0 Å². The fourth-order valence-corrected chi connectivity index (χ4v) is 1.21. The molecular weight excluding hydrogens is 250 g/mol. The first-order chi connectivity index (χ1) is 9.06. The zero-order chi connectivity index (χ0) is 13.8. The fourth-order valence-electron chi connectivity index (χ4n) is 1.21. The van der Waals surface area contributed by atoms with Gasteiger partial charge in [0.15, 0.2) is 0 Å². The number of anilines is 1. The summed E-state index contributed by atoms with van der Waals surface area (Å²) in [7, 11) is 3.43. The van der Waals surface area contributed by atoms with Gasteiger partial charge in [-0.1, -0.05) is 0 Å². The lowest BCUT2D eigenvalue weighted by atomic mass is 10.5. The highest BCUT2D eigenvalue weighted by atomic mass is 16.5. The molecule has 0 saturated carbocycles. The van der Waals surface area contributed by atoms with Crippen LogP contribution >= 0.6 is 0 Å². The van der Waals surface area contributed by atoms with Crippen LogP contribution in [0.15, 0.2) is 6.33 Å². The Bertz CT molecular complexity index is 555. The van der Waals surface area contributed by atoms with Gasteiger partial charge in [-0.3, -0.25) is 4.68 Å². The minimum Gasteiger partial charge on any atom is -0.461 e. The standard InChI is InChI=1S/C10H15N7O2/c1-6(2)18-9-13-7(11-3)14-10(15-9)19-8-12-5-17(4)16-8/h5-6H,1-4H3,(H,11,13,14,15). The lowest BCUT2D eigenvalue weighted by Gasteiger charge is -2.09. The number of hydrogen-bond donors (Lipinski definition) is 1. The van der Waals surface area contributed by atoms with E-state index in [0.29, 0.717) is 5.95 Å². The first kappa shape index (κ1) is 13.0. The Balaban J connectivity index is 2.23. The minimum atomic E-state index is -0.0482. The fraction of sp³-hybridized carbons (Fsp3) is 0.500. The van der Waals surface area contributed by atoms with E-state index in [0.717, 1.165) is 0 Å². The molecule has 0 fully saturated rings. The maximum Gasteiger partial charge on any atom is 0.343 e. The van der Waals surface area contributed by atoms with E-state index in [2.05, 4.69) is 30.4 Å². The van der Waals surface area contributed by atoms with E-state index >= 15 is 0 Å². The molecule has 0 aromatic carbocycles. The van der Waals surface area contributed by atoms with E-state index in [4.69, 9.17) is 9.47 Å². The van der Waals surface area contributed by atoms with Crippen molar-refractivity contribution in [2.45, 2.75) is 20.0 Å². The van der Waals surface area contributed by atoms with Crippen LogP contribution in [0.3, 0.4) is 0 Å². The largest absolute Gasteiger partial charge is 0.461 e. The molecule has 0 unspecified atom stereocenters. The van der Waals surface area contributed by atoms with Crippen molar-refractivity contribution in [1.29, 1.82) is 0 Å². The quantitative estimate of drug-likeness (QED) is 0.839. The van der Waals surface area contributed by atoms with E-state index in [9.17, 15) is 0 Å². The number of hydrogen-bond acceptors (Lipinski definition) is 8. The molecule has 1 N–H and O–H groups in total. The third-order valence-electron chi connectivity index (χ3n) is 1.92. The maximum atomic E-state index is 5.41. The molecule has 2 rings (SSSR count). The molecule has 9 heteroatoms. The van der Waals surface area contributed by atoms with Crippen molar-refractivity contribution >= 4 is 5.95 Å². The molecule has 0 spiro atoms. The summed E-state index contributed by atoms with van der Waals surface area (Å²) in [5, 5.41) is 6.78. The summed E-state index contributed by atoms with van der Waals surface area (Å²) >= 11 is 0. The van der Waals surface area contributed by atoms with Crippen molar-refractivity contribution in [1.82, 2.24) is 29.7 Å². The average molecular weight is 265 g/mol. The van der Waals surface area contributed by atoms with Crippen molar-refractivity contribution in [2.75, 3.05) is 12.4 Å². The summed E-state index contributed by atoms with van der Waals surface area (Å²) in [4.78, 5) is 16.1. The maximum absolute atomic E-state index is 5.41. The Kier molecular flexibility index (Phi) is 3.74. The zero-order valence-electron chi connectivity index (χ0n) is 11.2. The smallest absolute Gasteiger partial charge is 0.343 e. The summed E-state index contributed by atoms with van der Waals surface area (Å²) < 4.78 is 12.3. The van der Waals surface area contributed by atoms with Gasteiger partial charge in [-0.05, 0) is 13.8 Å². The van der Waals surface area contributed by atoms with Crippen molar-refractivity contribution < 1.29 is 9.47 Å². The molecule has 0 aliphatic rings. The zero-order valence-corrected chi connectivity index (χ0v) is 11.2. The normalized spacial score (nSPS) is 10.6. The molecule has 0 saturated heterocycles. The third-order valence-corrected chi connectivity index (χ3v) is 1.92. The first-order valence-corrected chi connectivity index (χ1v) is 5.71. The third kappa shape index (κ3) is 3.50. The monoisotopic (exact) mass is 265 g/mol. The molecule has 102 valence electrons. The molecule has 0 atom stereocenters.